The van der Waals surface area contributed by atoms with Gasteiger partial charge in [-0.05, 0) is 55.4 Å². The number of aromatic nitrogens is 6. The van der Waals surface area contributed by atoms with E-state index in [-0.39, 0.29) is 40.5 Å². The lowest BCUT2D eigenvalue weighted by Gasteiger charge is -2.50. The predicted molar refractivity (Wildman–Crippen MR) is 180 cm³/mol. The Bertz CT molecular complexity index is 1870. The smallest absolute Gasteiger partial charge is 0.257 e. The van der Waals surface area contributed by atoms with Crippen molar-refractivity contribution in [3.8, 4) is 6.07 Å². The SMILES string of the molecule is CCCC(CC)c1ccn(C(C)c2nc(C3CN(C(=O)c4cnn(Cc5ccc(C#N)cc5)c4)CC34CN(C(=O)C3CC3(C)C)C4)no2)n1. The maximum Gasteiger partial charge on any atom is 0.257 e. The van der Waals surface area contributed by atoms with Gasteiger partial charge < -0.3 is 14.3 Å². The number of carbonyl (C=O) groups excluding carboxylic acids is 2. The molecule has 49 heavy (non-hydrogen) atoms. The number of nitriles is 1. The van der Waals surface area contributed by atoms with Crippen LogP contribution in [0.25, 0.3) is 0 Å². The fourth-order valence-electron chi connectivity index (χ4n) is 7.76. The Labute approximate surface area is 287 Å². The van der Waals surface area contributed by atoms with Gasteiger partial charge in [0.05, 0.1) is 41.5 Å². The zero-order chi connectivity index (χ0) is 34.5. The van der Waals surface area contributed by atoms with Crippen LogP contribution in [0.2, 0.25) is 0 Å². The van der Waals surface area contributed by atoms with Gasteiger partial charge in [0.2, 0.25) is 5.91 Å². The summed E-state index contributed by atoms with van der Waals surface area (Å²) in [7, 11) is 0. The molecule has 12 nitrogen and oxygen atoms in total. The molecule has 1 saturated carbocycles. The van der Waals surface area contributed by atoms with E-state index >= 15 is 0 Å². The van der Waals surface area contributed by atoms with Crippen molar-refractivity contribution in [2.24, 2.45) is 16.7 Å². The van der Waals surface area contributed by atoms with Crippen LogP contribution in [-0.4, -0.2) is 77.5 Å². The van der Waals surface area contributed by atoms with Crippen LogP contribution in [0.15, 0.2) is 53.4 Å². The quantitative estimate of drug-likeness (QED) is 0.208. The van der Waals surface area contributed by atoms with Crippen LogP contribution < -0.4 is 0 Å². The van der Waals surface area contributed by atoms with Crippen LogP contribution in [0, 0.1) is 28.1 Å². The van der Waals surface area contributed by atoms with Gasteiger partial charge in [0.25, 0.3) is 11.8 Å². The Balaban J connectivity index is 1.09. The maximum absolute atomic E-state index is 13.9. The van der Waals surface area contributed by atoms with Gasteiger partial charge in [-0.15, -0.1) is 0 Å². The van der Waals surface area contributed by atoms with E-state index < -0.39 is 0 Å². The summed E-state index contributed by atoms with van der Waals surface area (Å²) in [5, 5.41) is 22.9. The molecule has 3 fully saturated rings. The summed E-state index contributed by atoms with van der Waals surface area (Å²) in [6.45, 7) is 13.2. The van der Waals surface area contributed by atoms with Crippen molar-refractivity contribution in [3.63, 3.8) is 0 Å². The first kappa shape index (κ1) is 32.7. The molecule has 1 aliphatic carbocycles. The topological polar surface area (TPSA) is 139 Å². The van der Waals surface area contributed by atoms with Crippen molar-refractivity contribution in [1.29, 1.82) is 5.26 Å². The van der Waals surface area contributed by atoms with Crippen molar-refractivity contribution in [1.82, 2.24) is 39.5 Å². The molecule has 5 heterocycles. The molecule has 4 unspecified atom stereocenters. The molecule has 12 heteroatoms. The predicted octanol–water partition coefficient (Wildman–Crippen LogP) is 5.40. The Morgan fingerprint density at radius 1 is 1.10 bits per heavy atom. The van der Waals surface area contributed by atoms with E-state index in [1.54, 1.807) is 29.2 Å². The molecule has 3 aromatic heterocycles. The fraction of sp³-hybridized carbons (Fsp3) is 0.541. The minimum absolute atomic E-state index is 0.0492. The van der Waals surface area contributed by atoms with Gasteiger partial charge in [0.15, 0.2) is 5.82 Å². The van der Waals surface area contributed by atoms with Crippen molar-refractivity contribution in [3.05, 3.63) is 83.0 Å². The molecule has 2 amide bonds. The molecule has 3 aliphatic rings. The lowest BCUT2D eigenvalue weighted by Crippen LogP contribution is -2.62. The molecule has 4 atom stereocenters. The molecule has 0 bridgehead atoms. The third kappa shape index (κ3) is 6.15. The number of hydrogen-bond donors (Lipinski definition) is 0. The molecule has 2 aliphatic heterocycles. The summed E-state index contributed by atoms with van der Waals surface area (Å²) in [5.41, 5.74) is 2.86. The highest BCUT2D eigenvalue weighted by molar-refractivity contribution is 5.94. The number of benzene rings is 1. The number of amides is 2. The monoisotopic (exact) mass is 663 g/mol. The Morgan fingerprint density at radius 3 is 2.51 bits per heavy atom. The average Bonchev–Trinajstić information content (AvgIpc) is 3.72. The van der Waals surface area contributed by atoms with Gasteiger partial charge in [0.1, 0.15) is 6.04 Å². The first-order valence-electron chi connectivity index (χ1n) is 17.5. The molecular formula is C37H45N9O3. The average molecular weight is 664 g/mol. The highest BCUT2D eigenvalue weighted by Crippen LogP contribution is 2.55. The molecule has 1 aromatic carbocycles. The van der Waals surface area contributed by atoms with Crippen molar-refractivity contribution >= 4 is 11.8 Å². The number of nitrogens with zero attached hydrogens (tertiary/aromatic N) is 9. The van der Waals surface area contributed by atoms with E-state index in [9.17, 15) is 9.59 Å². The Morgan fingerprint density at radius 2 is 1.84 bits per heavy atom. The summed E-state index contributed by atoms with van der Waals surface area (Å²) in [5.74, 6) is 1.43. The van der Waals surface area contributed by atoms with E-state index in [1.807, 2.05) is 39.7 Å². The van der Waals surface area contributed by atoms with Gasteiger partial charge in [0, 0.05) is 55.8 Å². The van der Waals surface area contributed by atoms with E-state index in [0.717, 1.165) is 36.9 Å². The zero-order valence-electron chi connectivity index (χ0n) is 29.0. The number of rotatable bonds is 11. The molecule has 0 radical (unpaired) electrons. The first-order valence-corrected chi connectivity index (χ1v) is 17.5. The zero-order valence-corrected chi connectivity index (χ0v) is 29.0. The molecule has 256 valence electrons. The van der Waals surface area contributed by atoms with E-state index in [2.05, 4.69) is 50.1 Å². The van der Waals surface area contributed by atoms with Crippen LogP contribution in [-0.2, 0) is 11.3 Å². The summed E-state index contributed by atoms with van der Waals surface area (Å²) in [6.07, 6.45) is 9.51. The fourth-order valence-corrected chi connectivity index (χ4v) is 7.76. The molecule has 1 spiro atoms. The van der Waals surface area contributed by atoms with E-state index in [4.69, 9.17) is 19.9 Å². The standard InChI is InChI=1S/C37H45N9O3/c1-6-8-27(7-2)31-13-14-46(41-31)24(3)33-40-32(42-49-33)30-20-43(21-37(30)22-44(23-37)35(48)29-15-36(29,4)5)34(47)28-17-39-45(19-28)18-26-11-9-25(16-38)10-12-26/h9-14,17,19,24,27,29-30H,6-8,15,18,20-23H2,1-5H3. The van der Waals surface area contributed by atoms with Crippen LogP contribution in [0.4, 0.5) is 0 Å². The summed E-state index contributed by atoms with van der Waals surface area (Å²) < 4.78 is 9.49. The highest BCUT2D eigenvalue weighted by atomic mass is 16.5. The van der Waals surface area contributed by atoms with Gasteiger partial charge in [-0.1, -0.05) is 51.4 Å². The van der Waals surface area contributed by atoms with Crippen LogP contribution in [0.1, 0.15) is 117 Å². The first-order chi connectivity index (χ1) is 23.5. The second-order valence-corrected chi connectivity index (χ2v) is 15.1. The Hall–Kier alpha value is -4.79. The lowest BCUT2D eigenvalue weighted by molar-refractivity contribution is -0.145. The number of hydrogen-bond acceptors (Lipinski definition) is 8. The van der Waals surface area contributed by atoms with E-state index in [0.29, 0.717) is 61.5 Å². The van der Waals surface area contributed by atoms with Crippen LogP contribution in [0.5, 0.6) is 0 Å². The lowest BCUT2D eigenvalue weighted by atomic mass is 9.71. The minimum atomic E-state index is -0.361. The summed E-state index contributed by atoms with van der Waals surface area (Å²) in [4.78, 5) is 36.0. The second-order valence-electron chi connectivity index (χ2n) is 15.1. The van der Waals surface area contributed by atoms with Gasteiger partial charge in [-0.2, -0.15) is 20.4 Å². The molecule has 2 saturated heterocycles. The largest absolute Gasteiger partial charge is 0.341 e. The normalized spacial score (nSPS) is 21.7. The van der Waals surface area contributed by atoms with Gasteiger partial charge >= 0.3 is 0 Å². The minimum Gasteiger partial charge on any atom is -0.341 e. The maximum atomic E-state index is 13.9. The van der Waals surface area contributed by atoms with E-state index in [1.165, 1.54) is 0 Å². The summed E-state index contributed by atoms with van der Waals surface area (Å²) in [6, 6.07) is 11.3. The number of likely N-dealkylation sites (tertiary alicyclic amines) is 2. The van der Waals surface area contributed by atoms with Gasteiger partial charge in [-0.25, -0.2) is 0 Å². The van der Waals surface area contributed by atoms with Crippen LogP contribution >= 0.6 is 0 Å². The summed E-state index contributed by atoms with van der Waals surface area (Å²) >= 11 is 0. The van der Waals surface area contributed by atoms with Crippen molar-refractivity contribution < 1.29 is 14.1 Å². The molecule has 7 rings (SSSR count). The van der Waals surface area contributed by atoms with Crippen molar-refractivity contribution in [2.45, 2.75) is 84.7 Å². The molecule has 4 aromatic rings. The Kier molecular flexibility index (Phi) is 8.41. The third-order valence-electron chi connectivity index (χ3n) is 11.1. The second kappa shape index (κ2) is 12.6. The van der Waals surface area contributed by atoms with Crippen LogP contribution in [0.3, 0.4) is 0 Å². The molecule has 0 N–H and O–H groups in total. The number of carbonyl (C=O) groups is 2. The highest BCUT2D eigenvalue weighted by Gasteiger charge is 2.61. The van der Waals surface area contributed by atoms with Crippen molar-refractivity contribution in [2.75, 3.05) is 26.2 Å². The molecular weight excluding hydrogens is 618 g/mol. The van der Waals surface area contributed by atoms with Gasteiger partial charge in [-0.3, -0.25) is 19.0 Å². The third-order valence-corrected chi connectivity index (χ3v) is 11.1.